The summed E-state index contributed by atoms with van der Waals surface area (Å²) >= 11 is 5.71. The summed E-state index contributed by atoms with van der Waals surface area (Å²) in [6.45, 7) is 4.52. The Balaban J connectivity index is 2.14. The zero-order valence-corrected chi connectivity index (χ0v) is 9.83. The molecule has 1 aliphatic rings. The Bertz CT molecular complexity index is 212. The molecule has 1 fully saturated rings. The number of amides is 1. The number of likely N-dealkylation sites (tertiary alicyclic amines) is 1. The first-order valence-corrected chi connectivity index (χ1v) is 5.89. The first kappa shape index (κ1) is 12.7. The topological polar surface area (TPSA) is 52.6 Å². The van der Waals surface area contributed by atoms with E-state index in [1.54, 1.807) is 6.92 Å². The molecule has 0 aromatic rings. The van der Waals surface area contributed by atoms with Crippen LogP contribution in [0.15, 0.2) is 0 Å². The molecule has 4 nitrogen and oxygen atoms in total. The van der Waals surface area contributed by atoms with Gasteiger partial charge in [0.15, 0.2) is 0 Å². The second-order valence-corrected chi connectivity index (χ2v) is 4.43. The molecule has 1 heterocycles. The molecule has 1 rings (SSSR count). The van der Waals surface area contributed by atoms with E-state index in [-0.39, 0.29) is 12.0 Å². The fraction of sp³-hybridized carbons (Fsp3) is 0.900. The van der Waals surface area contributed by atoms with Crippen molar-refractivity contribution in [2.45, 2.75) is 19.4 Å². The molecule has 1 saturated heterocycles. The molecule has 88 valence electrons. The molecule has 0 aromatic heterocycles. The fourth-order valence-corrected chi connectivity index (χ4v) is 1.91. The van der Waals surface area contributed by atoms with Gasteiger partial charge < -0.3 is 15.3 Å². The summed E-state index contributed by atoms with van der Waals surface area (Å²) < 4.78 is 0. The number of carbonyl (C=O) groups excluding carboxylic acids is 1. The predicted molar refractivity (Wildman–Crippen MR) is 60.0 cm³/mol. The highest BCUT2D eigenvalue weighted by molar-refractivity contribution is 6.18. The van der Waals surface area contributed by atoms with Gasteiger partial charge in [0, 0.05) is 38.5 Å². The molecular formula is C10H19ClN2O2. The Morgan fingerprint density at radius 3 is 3.00 bits per heavy atom. The van der Waals surface area contributed by atoms with Gasteiger partial charge >= 0.3 is 0 Å². The number of nitrogens with one attached hydrogen (secondary N) is 1. The maximum absolute atomic E-state index is 11.5. The Morgan fingerprint density at radius 1 is 1.73 bits per heavy atom. The second-order valence-electron chi connectivity index (χ2n) is 4.12. The monoisotopic (exact) mass is 234 g/mol. The van der Waals surface area contributed by atoms with Gasteiger partial charge in [-0.25, -0.2) is 0 Å². The van der Waals surface area contributed by atoms with Crippen molar-refractivity contribution in [2.75, 3.05) is 32.1 Å². The molecule has 0 radical (unpaired) electrons. The van der Waals surface area contributed by atoms with Crippen LogP contribution in [0.3, 0.4) is 0 Å². The van der Waals surface area contributed by atoms with E-state index in [0.717, 1.165) is 13.1 Å². The summed E-state index contributed by atoms with van der Waals surface area (Å²) in [7, 11) is 0. The van der Waals surface area contributed by atoms with Crippen molar-refractivity contribution >= 4 is 17.5 Å². The van der Waals surface area contributed by atoms with Crippen LogP contribution in [0.2, 0.25) is 0 Å². The number of hydrogen-bond acceptors (Lipinski definition) is 3. The summed E-state index contributed by atoms with van der Waals surface area (Å²) in [6.07, 6.45) is 0.245. The van der Waals surface area contributed by atoms with Crippen LogP contribution in [0.4, 0.5) is 0 Å². The summed E-state index contributed by atoms with van der Waals surface area (Å²) in [6, 6.07) is 0. The third-order valence-electron chi connectivity index (χ3n) is 2.51. The molecule has 2 atom stereocenters. The van der Waals surface area contributed by atoms with Crippen LogP contribution in [0, 0.1) is 5.92 Å². The van der Waals surface area contributed by atoms with Crippen LogP contribution in [-0.2, 0) is 4.79 Å². The van der Waals surface area contributed by atoms with Crippen molar-refractivity contribution in [1.29, 1.82) is 0 Å². The Labute approximate surface area is 95.6 Å². The van der Waals surface area contributed by atoms with Gasteiger partial charge in [-0.1, -0.05) is 0 Å². The van der Waals surface area contributed by atoms with Crippen LogP contribution >= 0.6 is 11.6 Å². The average Bonchev–Trinajstić information content (AvgIpc) is 2.54. The van der Waals surface area contributed by atoms with E-state index in [2.05, 4.69) is 5.32 Å². The molecule has 0 bridgehead atoms. The number of aliphatic hydroxyl groups excluding tert-OH is 1. The van der Waals surface area contributed by atoms with Crippen molar-refractivity contribution < 1.29 is 9.90 Å². The number of carbonyl (C=O) groups is 1. The van der Waals surface area contributed by atoms with E-state index in [1.165, 1.54) is 0 Å². The van der Waals surface area contributed by atoms with Crippen molar-refractivity contribution in [1.82, 2.24) is 10.2 Å². The quantitative estimate of drug-likeness (QED) is 0.504. The van der Waals surface area contributed by atoms with Crippen molar-refractivity contribution in [2.24, 2.45) is 5.92 Å². The second kappa shape index (κ2) is 6.30. The SMILES string of the molecule is CC(O)CNCCN1CC(CCl)CC1=O. The summed E-state index contributed by atoms with van der Waals surface area (Å²) in [4.78, 5) is 13.3. The molecule has 1 aliphatic heterocycles. The van der Waals surface area contributed by atoms with Crippen molar-refractivity contribution in [3.63, 3.8) is 0 Å². The van der Waals surface area contributed by atoms with Crippen LogP contribution in [0.5, 0.6) is 0 Å². The molecule has 0 aliphatic carbocycles. The van der Waals surface area contributed by atoms with Crippen LogP contribution in [0.25, 0.3) is 0 Å². The number of rotatable bonds is 6. The van der Waals surface area contributed by atoms with E-state index in [0.29, 0.717) is 31.3 Å². The number of hydrogen-bond donors (Lipinski definition) is 2. The first-order valence-electron chi connectivity index (χ1n) is 5.36. The summed E-state index contributed by atoms with van der Waals surface area (Å²) in [5, 5.41) is 12.1. The van der Waals surface area contributed by atoms with Crippen molar-refractivity contribution in [3.05, 3.63) is 0 Å². The van der Waals surface area contributed by atoms with E-state index in [9.17, 15) is 4.79 Å². The molecule has 0 saturated carbocycles. The molecule has 2 unspecified atom stereocenters. The van der Waals surface area contributed by atoms with Crippen LogP contribution < -0.4 is 5.32 Å². The number of aliphatic hydroxyl groups is 1. The van der Waals surface area contributed by atoms with Gasteiger partial charge in [0.2, 0.25) is 5.91 Å². The zero-order valence-electron chi connectivity index (χ0n) is 9.08. The van der Waals surface area contributed by atoms with E-state index >= 15 is 0 Å². The highest BCUT2D eigenvalue weighted by Crippen LogP contribution is 2.17. The lowest BCUT2D eigenvalue weighted by Gasteiger charge is -2.16. The molecule has 1 amide bonds. The largest absolute Gasteiger partial charge is 0.392 e. The third kappa shape index (κ3) is 4.36. The van der Waals surface area contributed by atoms with Crippen LogP contribution in [-0.4, -0.2) is 54.1 Å². The standard InChI is InChI=1S/C10H19ClN2O2/c1-8(14)6-12-2-3-13-7-9(5-11)4-10(13)15/h8-9,12,14H,2-7H2,1H3. The van der Waals surface area contributed by atoms with Gasteiger partial charge in [-0.15, -0.1) is 11.6 Å². The minimum Gasteiger partial charge on any atom is -0.392 e. The summed E-state index contributed by atoms with van der Waals surface area (Å²) in [5.41, 5.74) is 0. The Hall–Kier alpha value is -0.320. The van der Waals surface area contributed by atoms with Gasteiger partial charge in [-0.2, -0.15) is 0 Å². The maximum atomic E-state index is 11.5. The smallest absolute Gasteiger partial charge is 0.223 e. The normalized spacial score (nSPS) is 23.5. The number of nitrogens with zero attached hydrogens (tertiary/aromatic N) is 1. The minimum absolute atomic E-state index is 0.194. The van der Waals surface area contributed by atoms with Gasteiger partial charge in [0.25, 0.3) is 0 Å². The van der Waals surface area contributed by atoms with Gasteiger partial charge in [-0.05, 0) is 12.8 Å². The van der Waals surface area contributed by atoms with E-state index in [1.807, 2.05) is 4.90 Å². The minimum atomic E-state index is -0.338. The number of alkyl halides is 1. The molecule has 15 heavy (non-hydrogen) atoms. The first-order chi connectivity index (χ1) is 7.13. The Kier molecular flexibility index (Phi) is 5.36. The highest BCUT2D eigenvalue weighted by atomic mass is 35.5. The lowest BCUT2D eigenvalue weighted by molar-refractivity contribution is -0.127. The van der Waals surface area contributed by atoms with Crippen molar-refractivity contribution in [3.8, 4) is 0 Å². The molecule has 0 aromatic carbocycles. The van der Waals surface area contributed by atoms with E-state index < -0.39 is 0 Å². The Morgan fingerprint density at radius 2 is 2.47 bits per heavy atom. The number of halogens is 1. The lowest BCUT2D eigenvalue weighted by Crippen LogP contribution is -2.35. The average molecular weight is 235 g/mol. The fourth-order valence-electron chi connectivity index (χ4n) is 1.70. The van der Waals surface area contributed by atoms with Gasteiger partial charge in [-0.3, -0.25) is 4.79 Å². The highest BCUT2D eigenvalue weighted by Gasteiger charge is 2.28. The third-order valence-corrected chi connectivity index (χ3v) is 2.95. The molecule has 2 N–H and O–H groups in total. The zero-order chi connectivity index (χ0) is 11.3. The summed E-state index contributed by atoms with van der Waals surface area (Å²) in [5.74, 6) is 1.07. The van der Waals surface area contributed by atoms with Gasteiger partial charge in [0.05, 0.1) is 6.10 Å². The molecule has 5 heteroatoms. The molecular weight excluding hydrogens is 216 g/mol. The lowest BCUT2D eigenvalue weighted by atomic mass is 10.2. The molecule has 0 spiro atoms. The van der Waals surface area contributed by atoms with E-state index in [4.69, 9.17) is 16.7 Å². The maximum Gasteiger partial charge on any atom is 0.223 e. The van der Waals surface area contributed by atoms with Gasteiger partial charge in [0.1, 0.15) is 0 Å². The van der Waals surface area contributed by atoms with Crippen LogP contribution in [0.1, 0.15) is 13.3 Å². The predicted octanol–water partition coefficient (Wildman–Crippen LogP) is 0.0441.